The monoisotopic (exact) mass is 535 g/mol. The van der Waals surface area contributed by atoms with E-state index >= 15 is 0 Å². The second kappa shape index (κ2) is 12.6. The zero-order valence-corrected chi connectivity index (χ0v) is 20.7. The molecule has 0 aliphatic carbocycles. The maximum Gasteiger partial charge on any atom is 0.353 e. The summed E-state index contributed by atoms with van der Waals surface area (Å²) in [7, 11) is 0. The third-order valence-corrected chi connectivity index (χ3v) is 7.51. The molecule has 6 atom stereocenters. The number of rotatable bonds is 13. The first kappa shape index (κ1) is 28.2. The summed E-state index contributed by atoms with van der Waals surface area (Å²) in [4.78, 5) is 50.6. The number of thioether (sulfide) groups is 1. The van der Waals surface area contributed by atoms with Crippen LogP contribution in [0.5, 0.6) is 0 Å². The van der Waals surface area contributed by atoms with E-state index < -0.39 is 59.8 Å². The molecule has 1 unspecified atom stereocenters. The molecule has 11 nitrogen and oxygen atoms in total. The van der Waals surface area contributed by atoms with Crippen LogP contribution < -0.4 is 16.4 Å². The Morgan fingerprint density at radius 2 is 1.97 bits per heavy atom. The number of hydrogen-bond acceptors (Lipinski definition) is 8. The molecular weight excluding hydrogens is 509 g/mol. The van der Waals surface area contributed by atoms with Crippen LogP contribution in [0.1, 0.15) is 19.8 Å². The van der Waals surface area contributed by atoms with Gasteiger partial charge in [-0.3, -0.25) is 14.4 Å². The Bertz CT molecular complexity index is 895. The molecule has 34 heavy (non-hydrogen) atoms. The quantitative estimate of drug-likeness (QED) is 0.118. The van der Waals surface area contributed by atoms with Crippen LogP contribution in [-0.2, 0) is 19.2 Å². The number of fused-ring (bicyclic) bond motifs is 1. The minimum atomic E-state index is -1.27. The minimum absolute atomic E-state index is 0.0919. The van der Waals surface area contributed by atoms with E-state index in [1.165, 1.54) is 23.6 Å². The Balaban J connectivity index is 2.14. The van der Waals surface area contributed by atoms with Gasteiger partial charge in [0.15, 0.2) is 0 Å². The summed E-state index contributed by atoms with van der Waals surface area (Å²) in [6.45, 7) is 1.56. The highest BCUT2D eigenvalue weighted by molar-refractivity contribution is 8.03. The van der Waals surface area contributed by atoms with Crippen LogP contribution >= 0.6 is 35.0 Å². The van der Waals surface area contributed by atoms with Crippen molar-refractivity contribution in [3.8, 4) is 6.07 Å². The molecule has 0 saturated carbocycles. The molecule has 6 N–H and O–H groups in total. The lowest BCUT2D eigenvalue weighted by molar-refractivity contribution is -0.163. The first-order chi connectivity index (χ1) is 16.1. The van der Waals surface area contributed by atoms with E-state index in [0.717, 1.165) is 0 Å². The molecule has 2 heterocycles. The van der Waals surface area contributed by atoms with Gasteiger partial charge in [-0.25, -0.2) is 4.79 Å². The highest BCUT2D eigenvalue weighted by atomic mass is 35.5. The molecule has 14 heteroatoms. The highest BCUT2D eigenvalue weighted by Gasteiger charge is 2.60. The van der Waals surface area contributed by atoms with Crippen molar-refractivity contribution in [1.29, 1.82) is 5.26 Å². The summed E-state index contributed by atoms with van der Waals surface area (Å²) in [5, 5.41) is 33.8. The van der Waals surface area contributed by atoms with Crippen LogP contribution in [0, 0.1) is 23.2 Å². The van der Waals surface area contributed by atoms with Gasteiger partial charge < -0.3 is 31.5 Å². The van der Waals surface area contributed by atoms with Gasteiger partial charge in [0, 0.05) is 35.4 Å². The second-order valence-electron chi connectivity index (χ2n) is 7.90. The Morgan fingerprint density at radius 3 is 2.50 bits per heavy atom. The standard InChI is InChI=1S/C20H27Cl2N5O6S/c1-9(28)13-14-10(3-5-25-18(30)12(8-22)26-17(29)11(24)7-21)16(34-6-2-4-23)15(20(32)33)27(14)19(13)31/h9-14,28H,2-3,5-8,24H2,1H3,(H,25,30)(H,26,29)(H,32,33)/t9-,10-,11+,12+,13-,14?/m1/s1. The fourth-order valence-electron chi connectivity index (χ4n) is 4.05. The largest absolute Gasteiger partial charge is 0.477 e. The normalized spacial score (nSPS) is 23.9. The van der Waals surface area contributed by atoms with Crippen LogP contribution in [0.25, 0.3) is 0 Å². The Kier molecular flexibility index (Phi) is 10.5. The van der Waals surface area contributed by atoms with Gasteiger partial charge in [-0.1, -0.05) is 0 Å². The average Bonchev–Trinajstić information content (AvgIpc) is 3.06. The molecular formula is C20H27Cl2N5O6S. The van der Waals surface area contributed by atoms with Crippen LogP contribution in [-0.4, -0.2) is 87.1 Å². The van der Waals surface area contributed by atoms with Crippen molar-refractivity contribution in [3.05, 3.63) is 10.6 Å². The minimum Gasteiger partial charge on any atom is -0.477 e. The summed E-state index contributed by atoms with van der Waals surface area (Å²) in [5.74, 6) is -4.15. The molecule has 0 radical (unpaired) electrons. The predicted octanol–water partition coefficient (Wildman–Crippen LogP) is -0.437. The number of carboxylic acid groups (broad SMARTS) is 1. The van der Waals surface area contributed by atoms with Crippen LogP contribution in [0.15, 0.2) is 10.6 Å². The number of nitriles is 1. The highest BCUT2D eigenvalue weighted by Crippen LogP contribution is 2.51. The molecule has 0 bridgehead atoms. The van der Waals surface area contributed by atoms with Crippen molar-refractivity contribution in [1.82, 2.24) is 15.5 Å². The summed E-state index contributed by atoms with van der Waals surface area (Å²) in [6.07, 6.45) is -0.532. The number of nitrogens with one attached hydrogen (secondary N) is 2. The van der Waals surface area contributed by atoms with Gasteiger partial charge in [-0.05, 0) is 13.3 Å². The van der Waals surface area contributed by atoms with Gasteiger partial charge in [0.1, 0.15) is 11.7 Å². The van der Waals surface area contributed by atoms with Crippen molar-refractivity contribution in [2.24, 2.45) is 17.6 Å². The number of aliphatic carboxylic acids is 1. The van der Waals surface area contributed by atoms with Gasteiger partial charge >= 0.3 is 5.97 Å². The third kappa shape index (κ3) is 5.95. The number of carbonyl (C=O) groups is 4. The van der Waals surface area contributed by atoms with E-state index in [1.54, 1.807) is 0 Å². The third-order valence-electron chi connectivity index (χ3n) is 5.65. The van der Waals surface area contributed by atoms with Crippen LogP contribution in [0.2, 0.25) is 0 Å². The maximum atomic E-state index is 12.6. The molecule has 3 amide bonds. The number of amides is 3. The van der Waals surface area contributed by atoms with E-state index in [-0.39, 0.29) is 36.8 Å². The van der Waals surface area contributed by atoms with Crippen molar-refractivity contribution < 1.29 is 29.4 Å². The smallest absolute Gasteiger partial charge is 0.353 e. The number of β-lactam (4-membered cyclic amide) rings is 1. The second-order valence-corrected chi connectivity index (χ2v) is 9.66. The SMILES string of the molecule is C[C@@H](O)[C@H]1C(=O)N2C(C(=O)O)=C(SCCC#N)[C@H](CCNC(=O)[C@H](CCl)NC(=O)[C@@H](N)CCl)C12. The molecule has 1 fully saturated rings. The number of aliphatic hydroxyl groups is 1. The number of halogens is 2. The fourth-order valence-corrected chi connectivity index (χ4v) is 5.62. The summed E-state index contributed by atoms with van der Waals surface area (Å²) in [5.41, 5.74) is 5.40. The number of nitrogens with two attached hydrogens (primary N) is 1. The zero-order valence-electron chi connectivity index (χ0n) is 18.4. The van der Waals surface area contributed by atoms with E-state index in [0.29, 0.717) is 10.7 Å². The number of aliphatic hydroxyl groups excluding tert-OH is 1. The Hall–Kier alpha value is -2.04. The fraction of sp³-hybridized carbons (Fsp3) is 0.650. The van der Waals surface area contributed by atoms with Gasteiger partial charge in [0.05, 0.1) is 36.1 Å². The lowest BCUT2D eigenvalue weighted by Gasteiger charge is -2.47. The first-order valence-corrected chi connectivity index (χ1v) is 12.6. The Labute approximate surface area is 211 Å². The Morgan fingerprint density at radius 1 is 1.29 bits per heavy atom. The maximum absolute atomic E-state index is 12.6. The summed E-state index contributed by atoms with van der Waals surface area (Å²) in [6, 6.07) is -0.610. The number of nitrogens with zero attached hydrogens (tertiary/aromatic N) is 2. The molecule has 2 aliphatic heterocycles. The number of carboxylic acids is 1. The van der Waals surface area contributed by atoms with E-state index in [1.807, 2.05) is 6.07 Å². The number of hydrogen-bond donors (Lipinski definition) is 5. The molecule has 188 valence electrons. The zero-order chi connectivity index (χ0) is 25.6. The van der Waals surface area contributed by atoms with Crippen molar-refractivity contribution in [3.63, 3.8) is 0 Å². The topological polar surface area (TPSA) is 186 Å². The lowest BCUT2D eigenvalue weighted by Crippen LogP contribution is -2.64. The van der Waals surface area contributed by atoms with Gasteiger partial charge in [0.25, 0.3) is 0 Å². The van der Waals surface area contributed by atoms with Crippen LogP contribution in [0.3, 0.4) is 0 Å². The van der Waals surface area contributed by atoms with Gasteiger partial charge in [0.2, 0.25) is 17.7 Å². The predicted molar refractivity (Wildman–Crippen MR) is 126 cm³/mol. The van der Waals surface area contributed by atoms with Gasteiger partial charge in [-0.15, -0.1) is 35.0 Å². The van der Waals surface area contributed by atoms with Gasteiger partial charge in [-0.2, -0.15) is 5.26 Å². The number of alkyl halides is 2. The molecule has 2 rings (SSSR count). The summed E-state index contributed by atoms with van der Waals surface area (Å²) < 4.78 is 0. The van der Waals surface area contributed by atoms with Crippen molar-refractivity contribution in [2.45, 2.75) is 44.0 Å². The van der Waals surface area contributed by atoms with E-state index in [9.17, 15) is 29.4 Å². The first-order valence-electron chi connectivity index (χ1n) is 10.5. The molecule has 2 aliphatic rings. The molecule has 0 aromatic heterocycles. The molecule has 0 aromatic carbocycles. The number of carbonyl (C=O) groups excluding carboxylic acids is 3. The summed E-state index contributed by atoms with van der Waals surface area (Å²) >= 11 is 12.5. The average molecular weight is 536 g/mol. The molecule has 0 spiro atoms. The van der Waals surface area contributed by atoms with Crippen molar-refractivity contribution >= 4 is 58.7 Å². The lowest BCUT2D eigenvalue weighted by atomic mass is 9.77. The molecule has 1 saturated heterocycles. The van der Waals surface area contributed by atoms with Crippen molar-refractivity contribution in [2.75, 3.05) is 24.1 Å². The van der Waals surface area contributed by atoms with E-state index in [2.05, 4.69) is 10.6 Å². The van der Waals surface area contributed by atoms with Crippen LogP contribution in [0.4, 0.5) is 0 Å². The van der Waals surface area contributed by atoms with E-state index in [4.69, 9.17) is 34.2 Å². The molecule has 0 aromatic rings.